The van der Waals surface area contributed by atoms with Crippen molar-refractivity contribution in [1.29, 1.82) is 0 Å². The second-order valence-electron chi connectivity index (χ2n) is 5.43. The molecule has 1 atom stereocenters. The fraction of sp³-hybridized carbons (Fsp3) is 0.933. The summed E-state index contributed by atoms with van der Waals surface area (Å²) in [7, 11) is 0. The lowest BCUT2D eigenvalue weighted by Crippen LogP contribution is -2.48. The fourth-order valence-electron chi connectivity index (χ4n) is 3.29. The van der Waals surface area contributed by atoms with Gasteiger partial charge in [0.15, 0.2) is 0 Å². The maximum atomic E-state index is 12.3. The Kier molecular flexibility index (Phi) is 7.39. The van der Waals surface area contributed by atoms with E-state index in [1.54, 1.807) is 0 Å². The average molecular weight is 269 g/mol. The topological polar surface area (TPSA) is 49.6 Å². The minimum Gasteiger partial charge on any atom is -0.343 e. The zero-order valence-corrected chi connectivity index (χ0v) is 12.9. The molecule has 1 aliphatic rings. The second kappa shape index (κ2) is 8.54. The summed E-state index contributed by atoms with van der Waals surface area (Å²) in [6.07, 6.45) is 5.75. The first-order valence-corrected chi connectivity index (χ1v) is 7.91. The van der Waals surface area contributed by atoms with Crippen molar-refractivity contribution in [2.45, 2.75) is 65.0 Å². The fourth-order valence-corrected chi connectivity index (χ4v) is 3.29. The number of likely N-dealkylation sites (N-methyl/N-ethyl adjacent to an activating group) is 1. The highest BCUT2D eigenvalue weighted by Gasteiger charge is 2.28. The van der Waals surface area contributed by atoms with E-state index in [1.807, 2.05) is 18.7 Å². The third-order valence-electron chi connectivity index (χ3n) is 4.43. The van der Waals surface area contributed by atoms with E-state index in [4.69, 9.17) is 5.73 Å². The van der Waals surface area contributed by atoms with E-state index in [1.165, 1.54) is 25.7 Å². The molecular weight excluding hydrogens is 238 g/mol. The third-order valence-corrected chi connectivity index (χ3v) is 4.43. The Hall–Kier alpha value is -0.610. The molecule has 0 spiro atoms. The van der Waals surface area contributed by atoms with Crippen LogP contribution in [0.1, 0.15) is 52.9 Å². The van der Waals surface area contributed by atoms with Crippen LogP contribution >= 0.6 is 0 Å². The van der Waals surface area contributed by atoms with Crippen molar-refractivity contribution in [3.05, 3.63) is 0 Å². The largest absolute Gasteiger partial charge is 0.343 e. The number of carbonyl (C=O) groups excluding carboxylic acids is 1. The first kappa shape index (κ1) is 16.4. The molecule has 1 rings (SSSR count). The van der Waals surface area contributed by atoms with Crippen LogP contribution in [0.25, 0.3) is 0 Å². The van der Waals surface area contributed by atoms with E-state index in [0.29, 0.717) is 19.0 Å². The number of nitrogens with two attached hydrogens (primary N) is 1. The van der Waals surface area contributed by atoms with Gasteiger partial charge in [-0.25, -0.2) is 0 Å². The highest BCUT2D eigenvalue weighted by molar-refractivity contribution is 5.76. The maximum absolute atomic E-state index is 12.3. The molecule has 4 heteroatoms. The summed E-state index contributed by atoms with van der Waals surface area (Å²) < 4.78 is 0. The smallest absolute Gasteiger partial charge is 0.224 e. The predicted octanol–water partition coefficient (Wildman–Crippen LogP) is 1.84. The number of amides is 1. The molecule has 0 saturated heterocycles. The average Bonchev–Trinajstić information content (AvgIpc) is 2.93. The highest BCUT2D eigenvalue weighted by Crippen LogP contribution is 2.25. The Morgan fingerprint density at radius 2 is 1.74 bits per heavy atom. The lowest BCUT2D eigenvalue weighted by molar-refractivity contribution is -0.132. The van der Waals surface area contributed by atoms with Crippen LogP contribution in [0.5, 0.6) is 0 Å². The lowest BCUT2D eigenvalue weighted by atomic mass is 10.1. The Morgan fingerprint density at radius 1 is 1.16 bits per heavy atom. The number of nitrogens with zero attached hydrogens (tertiary/aromatic N) is 2. The van der Waals surface area contributed by atoms with Crippen molar-refractivity contribution < 1.29 is 4.79 Å². The molecular formula is C15H31N3O. The first-order chi connectivity index (χ1) is 9.17. The van der Waals surface area contributed by atoms with Crippen LogP contribution in [0, 0.1) is 0 Å². The van der Waals surface area contributed by atoms with Gasteiger partial charge < -0.3 is 10.6 Å². The van der Waals surface area contributed by atoms with Crippen LogP contribution in [0.15, 0.2) is 0 Å². The Balaban J connectivity index is 2.61. The molecule has 1 fully saturated rings. The molecule has 0 aromatic heterocycles. The highest BCUT2D eigenvalue weighted by atomic mass is 16.2. The Bertz CT molecular complexity index is 260. The van der Waals surface area contributed by atoms with Gasteiger partial charge in [-0.05, 0) is 33.2 Å². The number of hydrogen-bond acceptors (Lipinski definition) is 3. The van der Waals surface area contributed by atoms with Crippen LogP contribution in [0.2, 0.25) is 0 Å². The molecule has 112 valence electrons. The van der Waals surface area contributed by atoms with E-state index < -0.39 is 0 Å². The normalized spacial score (nSPS) is 17.9. The van der Waals surface area contributed by atoms with Crippen LogP contribution < -0.4 is 5.73 Å². The van der Waals surface area contributed by atoms with E-state index in [2.05, 4.69) is 11.8 Å². The van der Waals surface area contributed by atoms with Gasteiger partial charge in [0.25, 0.3) is 0 Å². The van der Waals surface area contributed by atoms with Crippen molar-refractivity contribution >= 4 is 5.91 Å². The summed E-state index contributed by atoms with van der Waals surface area (Å²) in [5, 5.41) is 0. The molecule has 0 aromatic carbocycles. The van der Waals surface area contributed by atoms with Gasteiger partial charge in [-0.15, -0.1) is 0 Å². The van der Waals surface area contributed by atoms with Crippen molar-refractivity contribution in [2.75, 3.05) is 26.2 Å². The predicted molar refractivity (Wildman–Crippen MR) is 80.0 cm³/mol. The van der Waals surface area contributed by atoms with Crippen molar-refractivity contribution in [3.63, 3.8) is 0 Å². The summed E-state index contributed by atoms with van der Waals surface area (Å²) in [5.41, 5.74) is 5.94. The molecule has 1 aliphatic carbocycles. The third kappa shape index (κ3) is 4.46. The van der Waals surface area contributed by atoms with E-state index in [9.17, 15) is 4.79 Å². The number of hydrogen-bond donors (Lipinski definition) is 1. The van der Waals surface area contributed by atoms with Crippen molar-refractivity contribution in [1.82, 2.24) is 9.80 Å². The molecule has 1 amide bonds. The quantitative estimate of drug-likeness (QED) is 0.731. The molecule has 1 saturated carbocycles. The maximum Gasteiger partial charge on any atom is 0.224 e. The van der Waals surface area contributed by atoms with E-state index in [0.717, 1.165) is 19.6 Å². The van der Waals surface area contributed by atoms with Crippen LogP contribution in [0.3, 0.4) is 0 Å². The zero-order valence-electron chi connectivity index (χ0n) is 12.9. The molecule has 1 unspecified atom stereocenters. The molecule has 0 radical (unpaired) electrons. The monoisotopic (exact) mass is 269 g/mol. The Morgan fingerprint density at radius 3 is 2.16 bits per heavy atom. The summed E-state index contributed by atoms with van der Waals surface area (Å²) >= 11 is 0. The van der Waals surface area contributed by atoms with Gasteiger partial charge in [-0.2, -0.15) is 0 Å². The van der Waals surface area contributed by atoms with Gasteiger partial charge in [0.2, 0.25) is 5.91 Å². The summed E-state index contributed by atoms with van der Waals surface area (Å²) in [6.45, 7) is 9.42. The molecule has 0 bridgehead atoms. The molecule has 4 nitrogen and oxygen atoms in total. The van der Waals surface area contributed by atoms with Gasteiger partial charge in [-0.3, -0.25) is 9.69 Å². The van der Waals surface area contributed by atoms with Crippen LogP contribution in [-0.4, -0.2) is 54.0 Å². The second-order valence-corrected chi connectivity index (χ2v) is 5.43. The first-order valence-electron chi connectivity index (χ1n) is 7.91. The summed E-state index contributed by atoms with van der Waals surface area (Å²) in [5.74, 6) is 0.247. The van der Waals surface area contributed by atoms with Crippen molar-refractivity contribution in [3.8, 4) is 0 Å². The minimum absolute atomic E-state index is 0.209. The lowest BCUT2D eigenvalue weighted by Gasteiger charge is -2.35. The SMILES string of the molecule is CCN(CC)C(=O)CC(CN)N(CC)C1CCCC1. The Labute approximate surface area is 118 Å². The van der Waals surface area contributed by atoms with E-state index in [-0.39, 0.29) is 11.9 Å². The number of carbonyl (C=O) groups is 1. The standard InChI is InChI=1S/C15H31N3O/c1-4-17(5-2)15(19)11-14(12-16)18(6-3)13-9-7-8-10-13/h13-14H,4-12,16H2,1-3H3. The molecule has 0 aliphatic heterocycles. The van der Waals surface area contributed by atoms with Gasteiger partial charge in [-0.1, -0.05) is 19.8 Å². The van der Waals surface area contributed by atoms with Crippen LogP contribution in [0.4, 0.5) is 0 Å². The number of rotatable bonds is 8. The minimum atomic E-state index is 0.209. The van der Waals surface area contributed by atoms with Crippen LogP contribution in [-0.2, 0) is 4.79 Å². The zero-order chi connectivity index (χ0) is 14.3. The summed E-state index contributed by atoms with van der Waals surface area (Å²) in [6, 6.07) is 0.851. The van der Waals surface area contributed by atoms with Gasteiger partial charge in [0.1, 0.15) is 0 Å². The van der Waals surface area contributed by atoms with Gasteiger partial charge >= 0.3 is 0 Å². The molecule has 19 heavy (non-hydrogen) atoms. The van der Waals surface area contributed by atoms with E-state index >= 15 is 0 Å². The summed E-state index contributed by atoms with van der Waals surface area (Å²) in [4.78, 5) is 16.6. The van der Waals surface area contributed by atoms with Crippen molar-refractivity contribution in [2.24, 2.45) is 5.73 Å². The molecule has 0 heterocycles. The molecule has 0 aromatic rings. The molecule has 2 N–H and O–H groups in total. The van der Waals surface area contributed by atoms with Gasteiger partial charge in [0.05, 0.1) is 0 Å². The van der Waals surface area contributed by atoms with Gasteiger partial charge in [0, 0.05) is 38.1 Å².